The van der Waals surface area contributed by atoms with Crippen molar-refractivity contribution >= 4 is 15.9 Å². The van der Waals surface area contributed by atoms with E-state index in [4.69, 9.17) is 0 Å². The van der Waals surface area contributed by atoms with Crippen LogP contribution in [0.4, 0.5) is 0 Å². The third-order valence-electron chi connectivity index (χ3n) is 2.12. The summed E-state index contributed by atoms with van der Waals surface area (Å²) in [6.45, 7) is 0. The number of carbonyl (C=O) groups excluding carboxylic acids is 1. The Balaban J connectivity index is 0.00000200. The summed E-state index contributed by atoms with van der Waals surface area (Å²) in [5.74, 6) is -0.863. The summed E-state index contributed by atoms with van der Waals surface area (Å²) in [7, 11) is -3.80. The number of rotatable bonds is 4. The highest BCUT2D eigenvalue weighted by atomic mass is 32.2. The minimum atomic E-state index is -3.80. The normalized spacial score (nSPS) is 10.9. The fraction of sp³-hybridized carbons (Fsp3) is 0. The van der Waals surface area contributed by atoms with E-state index in [-0.39, 0.29) is 13.6 Å². The van der Waals surface area contributed by atoms with Crippen LogP contribution in [0.3, 0.4) is 0 Å². The Morgan fingerprint density at radius 1 is 1.05 bits per heavy atom. The Hall–Kier alpha value is -2.32. The molecule has 7 nitrogen and oxygen atoms in total. The first-order chi connectivity index (χ1) is 9.09. The highest BCUT2D eigenvalue weighted by Crippen LogP contribution is 2.05. The van der Waals surface area contributed by atoms with Gasteiger partial charge >= 0.3 is 5.91 Å². The Bertz CT molecular complexity index is 668. The molecular weight excluding hydrogens is 268 g/mol. The summed E-state index contributed by atoms with van der Waals surface area (Å²) in [5, 5.41) is 0. The van der Waals surface area contributed by atoms with Gasteiger partial charge in [-0.05, 0) is 18.2 Å². The zero-order valence-corrected chi connectivity index (χ0v) is 10.5. The lowest BCUT2D eigenvalue weighted by Crippen LogP contribution is -2.42. The fourth-order valence-electron chi connectivity index (χ4n) is 1.24. The molecule has 2 N–H and O–H groups in total. The molecule has 0 atom stereocenters. The lowest BCUT2D eigenvalue weighted by atomic mass is 10.4. The Kier molecular flexibility index (Phi) is 3.83. The van der Waals surface area contributed by atoms with Crippen molar-refractivity contribution in [3.8, 4) is 0 Å². The van der Waals surface area contributed by atoms with E-state index in [0.29, 0.717) is 0 Å². The van der Waals surface area contributed by atoms with Crippen molar-refractivity contribution in [2.24, 2.45) is 0 Å². The largest absolute Gasteiger partial charge is 0.304 e. The molecule has 0 radical (unpaired) electrons. The summed E-state index contributed by atoms with van der Waals surface area (Å²) < 4.78 is 23.6. The second-order valence-corrected chi connectivity index (χ2v) is 5.13. The minimum Gasteiger partial charge on any atom is -0.271 e. The molecule has 8 heteroatoms. The van der Waals surface area contributed by atoms with Gasteiger partial charge in [-0.25, -0.2) is 18.4 Å². The average Bonchev–Trinajstić information content (AvgIpc) is 2.47. The summed E-state index contributed by atoms with van der Waals surface area (Å²) in [6.07, 6.45) is 2.77. The molecule has 1 amide bonds. The van der Waals surface area contributed by atoms with E-state index in [0.717, 1.165) is 0 Å². The van der Waals surface area contributed by atoms with E-state index in [2.05, 4.69) is 9.97 Å². The van der Waals surface area contributed by atoms with Gasteiger partial charge in [-0.1, -0.05) is 18.2 Å². The maximum Gasteiger partial charge on any atom is 0.304 e. The lowest BCUT2D eigenvalue weighted by molar-refractivity contribution is 0.0934. The topological polar surface area (TPSA) is 101 Å². The standard InChI is InChI=1S/C11H10N4O3S.2H2/c16-11(10-12-7-4-8-13-10)14-15-19(17,18)9-5-2-1-3-6-9;;/h1-8,15H,(H,14,16);2*1H. The minimum absolute atomic E-state index is 0. The van der Waals surface area contributed by atoms with Gasteiger partial charge in [-0.2, -0.15) is 0 Å². The fourth-order valence-corrected chi connectivity index (χ4v) is 2.10. The summed E-state index contributed by atoms with van der Waals surface area (Å²) in [4.78, 5) is 21.0. The van der Waals surface area contributed by atoms with Crippen LogP contribution in [0.1, 0.15) is 13.5 Å². The molecule has 2 aromatic rings. The smallest absolute Gasteiger partial charge is 0.271 e. The quantitative estimate of drug-likeness (QED) is 0.799. The van der Waals surface area contributed by atoms with Crippen LogP contribution >= 0.6 is 0 Å². The molecule has 2 rings (SSSR count). The summed E-state index contributed by atoms with van der Waals surface area (Å²) in [6, 6.07) is 9.22. The first kappa shape index (κ1) is 13.1. The zero-order chi connectivity index (χ0) is 13.7. The molecule has 0 fully saturated rings. The third-order valence-corrected chi connectivity index (χ3v) is 3.38. The van der Waals surface area contributed by atoms with Crippen LogP contribution in [0.15, 0.2) is 53.7 Å². The van der Waals surface area contributed by atoms with Gasteiger partial charge in [-0.3, -0.25) is 10.2 Å². The number of hydrogen-bond donors (Lipinski definition) is 2. The number of carbonyl (C=O) groups is 1. The van der Waals surface area contributed by atoms with Crippen molar-refractivity contribution < 1.29 is 16.1 Å². The van der Waals surface area contributed by atoms with Crippen LogP contribution < -0.4 is 10.3 Å². The Labute approximate surface area is 112 Å². The zero-order valence-electron chi connectivity index (χ0n) is 9.65. The van der Waals surface area contributed by atoms with E-state index < -0.39 is 15.9 Å². The predicted octanol–water partition coefficient (Wildman–Crippen LogP) is 0.592. The van der Waals surface area contributed by atoms with Crippen LogP contribution in [0.2, 0.25) is 0 Å². The van der Waals surface area contributed by atoms with Gasteiger partial charge < -0.3 is 0 Å². The first-order valence-electron chi connectivity index (χ1n) is 5.24. The van der Waals surface area contributed by atoms with Crippen molar-refractivity contribution in [2.75, 3.05) is 0 Å². The SMILES string of the molecule is O=C(NNS(=O)(=O)c1ccccc1)c1ncccn1.[HH].[HH]. The van der Waals surface area contributed by atoms with Crippen molar-refractivity contribution in [3.05, 3.63) is 54.6 Å². The molecule has 0 bridgehead atoms. The van der Waals surface area contributed by atoms with Gasteiger partial charge in [0.05, 0.1) is 4.90 Å². The number of benzene rings is 1. The number of nitrogens with zero attached hydrogens (tertiary/aromatic N) is 2. The molecule has 0 spiro atoms. The lowest BCUT2D eigenvalue weighted by Gasteiger charge is -2.07. The molecule has 1 heterocycles. The number of hydrazine groups is 1. The van der Waals surface area contributed by atoms with Crippen LogP contribution in [0, 0.1) is 0 Å². The van der Waals surface area contributed by atoms with E-state index in [9.17, 15) is 13.2 Å². The van der Waals surface area contributed by atoms with Crippen LogP contribution in [0.5, 0.6) is 0 Å². The molecule has 102 valence electrons. The molecule has 0 unspecified atom stereocenters. The maximum atomic E-state index is 11.8. The Morgan fingerprint density at radius 2 is 1.68 bits per heavy atom. The van der Waals surface area contributed by atoms with Crippen LogP contribution in [-0.4, -0.2) is 24.3 Å². The summed E-state index contributed by atoms with van der Waals surface area (Å²) >= 11 is 0. The van der Waals surface area contributed by atoms with Crippen molar-refractivity contribution in [1.82, 2.24) is 20.2 Å². The number of sulfonamides is 1. The van der Waals surface area contributed by atoms with E-state index in [1.54, 1.807) is 24.3 Å². The van der Waals surface area contributed by atoms with Gasteiger partial charge in [0.1, 0.15) is 0 Å². The van der Waals surface area contributed by atoms with Gasteiger partial charge in [0.15, 0.2) is 0 Å². The second kappa shape index (κ2) is 5.55. The van der Waals surface area contributed by atoms with Crippen molar-refractivity contribution in [3.63, 3.8) is 0 Å². The molecule has 0 saturated carbocycles. The van der Waals surface area contributed by atoms with Crippen molar-refractivity contribution in [2.45, 2.75) is 4.90 Å². The molecule has 1 aromatic heterocycles. The molecule has 1 aromatic carbocycles. The maximum absolute atomic E-state index is 11.8. The van der Waals surface area contributed by atoms with Crippen LogP contribution in [0.25, 0.3) is 0 Å². The number of hydrogen-bond acceptors (Lipinski definition) is 5. The number of aromatic nitrogens is 2. The average molecular weight is 282 g/mol. The monoisotopic (exact) mass is 282 g/mol. The summed E-state index contributed by atoms with van der Waals surface area (Å²) in [5.41, 5.74) is 2.04. The molecule has 0 aliphatic rings. The molecule has 0 saturated heterocycles. The van der Waals surface area contributed by atoms with Crippen molar-refractivity contribution in [1.29, 1.82) is 0 Å². The van der Waals surface area contributed by atoms with E-state index >= 15 is 0 Å². The Morgan fingerprint density at radius 3 is 2.32 bits per heavy atom. The van der Waals surface area contributed by atoms with Crippen LogP contribution in [-0.2, 0) is 10.0 Å². The third kappa shape index (κ3) is 3.33. The molecule has 19 heavy (non-hydrogen) atoms. The number of nitrogens with one attached hydrogen (secondary N) is 2. The highest BCUT2D eigenvalue weighted by Gasteiger charge is 2.15. The second-order valence-electron chi connectivity index (χ2n) is 3.45. The first-order valence-corrected chi connectivity index (χ1v) is 6.72. The predicted molar refractivity (Wildman–Crippen MR) is 70.5 cm³/mol. The van der Waals surface area contributed by atoms with Gasteiger partial charge in [0.2, 0.25) is 5.82 Å². The van der Waals surface area contributed by atoms with Gasteiger partial charge in [-0.15, -0.1) is 4.83 Å². The van der Waals surface area contributed by atoms with E-state index in [1.807, 2.05) is 10.3 Å². The van der Waals surface area contributed by atoms with Gasteiger partial charge in [0.25, 0.3) is 10.0 Å². The number of amides is 1. The molecular formula is C11H14N4O3S. The molecule has 0 aliphatic carbocycles. The van der Waals surface area contributed by atoms with Gasteiger partial charge in [0, 0.05) is 15.2 Å². The molecule has 0 aliphatic heterocycles. The highest BCUT2D eigenvalue weighted by molar-refractivity contribution is 7.89. The van der Waals surface area contributed by atoms with E-state index in [1.165, 1.54) is 24.5 Å².